The summed E-state index contributed by atoms with van der Waals surface area (Å²) in [5.74, 6) is -0.134. The normalized spacial score (nSPS) is 31.1. The fourth-order valence-corrected chi connectivity index (χ4v) is 1.87. The van der Waals surface area contributed by atoms with Gasteiger partial charge in [-0.1, -0.05) is 18.7 Å². The first kappa shape index (κ1) is 12.0. The highest BCUT2D eigenvalue weighted by molar-refractivity contribution is 5.66. The lowest BCUT2D eigenvalue weighted by molar-refractivity contribution is -0.146. The molecule has 1 aliphatic carbocycles. The molecule has 0 heterocycles. The molecule has 0 amide bonds. The van der Waals surface area contributed by atoms with Gasteiger partial charge in [-0.05, 0) is 31.3 Å². The second-order valence-corrected chi connectivity index (χ2v) is 4.20. The summed E-state index contributed by atoms with van der Waals surface area (Å²) in [5.41, 5.74) is 1.61. The molecule has 0 aromatic carbocycles. The number of hydrogen-bond acceptors (Lipinski definition) is 3. The smallest absolute Gasteiger partial charge is 0.303 e. The molecule has 3 heteroatoms. The van der Waals surface area contributed by atoms with Crippen LogP contribution < -0.4 is 0 Å². The van der Waals surface area contributed by atoms with Gasteiger partial charge in [0.2, 0.25) is 0 Å². The van der Waals surface area contributed by atoms with E-state index in [1.54, 1.807) is 0 Å². The second-order valence-electron chi connectivity index (χ2n) is 4.20. The van der Waals surface area contributed by atoms with Crippen LogP contribution in [0.4, 0.5) is 0 Å². The fraction of sp³-hybridized carbons (Fsp3) is 0.583. The van der Waals surface area contributed by atoms with Crippen LogP contribution in [-0.2, 0) is 9.53 Å². The molecular formula is C12H18O3. The molecule has 0 saturated heterocycles. The van der Waals surface area contributed by atoms with Gasteiger partial charge in [0.1, 0.15) is 6.10 Å². The summed E-state index contributed by atoms with van der Waals surface area (Å²) in [6.07, 6.45) is 0.356. The highest BCUT2D eigenvalue weighted by Gasteiger charge is 2.32. The zero-order chi connectivity index (χ0) is 11.6. The maximum absolute atomic E-state index is 10.9. The summed E-state index contributed by atoms with van der Waals surface area (Å²) in [7, 11) is 0. The van der Waals surface area contributed by atoms with Gasteiger partial charge in [-0.3, -0.25) is 4.79 Å². The fourth-order valence-electron chi connectivity index (χ4n) is 1.87. The number of carbonyl (C=O) groups excluding carboxylic acids is 1. The van der Waals surface area contributed by atoms with Gasteiger partial charge in [-0.25, -0.2) is 0 Å². The average molecular weight is 210 g/mol. The summed E-state index contributed by atoms with van der Waals surface area (Å²) >= 11 is 0. The third kappa shape index (κ3) is 2.93. The van der Waals surface area contributed by atoms with Crippen molar-refractivity contribution >= 4 is 5.97 Å². The minimum Gasteiger partial charge on any atom is -0.458 e. The molecular weight excluding hydrogens is 192 g/mol. The van der Waals surface area contributed by atoms with Crippen LogP contribution in [0.5, 0.6) is 0 Å². The molecule has 1 N–H and O–H groups in total. The van der Waals surface area contributed by atoms with Gasteiger partial charge in [0.25, 0.3) is 0 Å². The monoisotopic (exact) mass is 210 g/mol. The van der Waals surface area contributed by atoms with E-state index in [0.717, 1.165) is 5.57 Å². The van der Waals surface area contributed by atoms with E-state index in [4.69, 9.17) is 4.74 Å². The Morgan fingerprint density at radius 1 is 1.47 bits per heavy atom. The summed E-state index contributed by atoms with van der Waals surface area (Å²) in [6, 6.07) is 0. The molecule has 1 saturated carbocycles. The number of allylic oxidation sites excluding steroid dienone is 1. The van der Waals surface area contributed by atoms with E-state index in [1.807, 2.05) is 6.92 Å². The minimum absolute atomic E-state index is 0.204. The van der Waals surface area contributed by atoms with E-state index >= 15 is 0 Å². The quantitative estimate of drug-likeness (QED) is 0.558. The molecule has 0 spiro atoms. The van der Waals surface area contributed by atoms with Crippen molar-refractivity contribution in [2.45, 2.75) is 38.9 Å². The molecule has 15 heavy (non-hydrogen) atoms. The predicted octanol–water partition coefficient (Wildman–Crippen LogP) is 1.82. The van der Waals surface area contributed by atoms with Crippen molar-refractivity contribution in [1.82, 2.24) is 0 Å². The Labute approximate surface area is 90.4 Å². The Hall–Kier alpha value is -1.09. The van der Waals surface area contributed by atoms with Gasteiger partial charge in [0.05, 0.1) is 6.10 Å². The van der Waals surface area contributed by atoms with Gasteiger partial charge in [-0.2, -0.15) is 0 Å². The van der Waals surface area contributed by atoms with Crippen molar-refractivity contribution in [2.24, 2.45) is 5.92 Å². The lowest BCUT2D eigenvalue weighted by atomic mass is 9.79. The van der Waals surface area contributed by atoms with Crippen LogP contribution in [0.25, 0.3) is 0 Å². The maximum Gasteiger partial charge on any atom is 0.303 e. The van der Waals surface area contributed by atoms with Crippen molar-refractivity contribution in [3.05, 3.63) is 24.3 Å². The van der Waals surface area contributed by atoms with Crippen molar-refractivity contribution in [1.29, 1.82) is 0 Å². The first-order valence-corrected chi connectivity index (χ1v) is 5.11. The number of rotatable bonds is 2. The molecule has 1 aliphatic rings. The van der Waals surface area contributed by atoms with Crippen molar-refractivity contribution in [2.75, 3.05) is 0 Å². The van der Waals surface area contributed by atoms with Gasteiger partial charge in [0, 0.05) is 6.92 Å². The summed E-state index contributed by atoms with van der Waals surface area (Å²) in [4.78, 5) is 10.9. The largest absolute Gasteiger partial charge is 0.458 e. The van der Waals surface area contributed by atoms with Crippen LogP contribution in [0, 0.1) is 5.92 Å². The number of aliphatic hydroxyl groups is 1. The van der Waals surface area contributed by atoms with Crippen LogP contribution in [0.1, 0.15) is 26.7 Å². The Bertz CT molecular complexity index is 293. The van der Waals surface area contributed by atoms with Crippen molar-refractivity contribution < 1.29 is 14.6 Å². The molecule has 1 fully saturated rings. The van der Waals surface area contributed by atoms with E-state index in [0.29, 0.717) is 18.4 Å². The Morgan fingerprint density at radius 2 is 2.07 bits per heavy atom. The van der Waals surface area contributed by atoms with E-state index in [-0.39, 0.29) is 18.0 Å². The Balaban J connectivity index is 2.72. The van der Waals surface area contributed by atoms with E-state index in [9.17, 15) is 9.90 Å². The minimum atomic E-state index is -0.593. The topological polar surface area (TPSA) is 46.5 Å². The molecule has 0 aliphatic heterocycles. The number of hydrogen-bond donors (Lipinski definition) is 1. The van der Waals surface area contributed by atoms with Crippen molar-refractivity contribution in [3.63, 3.8) is 0 Å². The molecule has 0 unspecified atom stereocenters. The average Bonchev–Trinajstić information content (AvgIpc) is 2.11. The van der Waals surface area contributed by atoms with E-state index < -0.39 is 6.10 Å². The lowest BCUT2D eigenvalue weighted by Gasteiger charge is -2.34. The number of ether oxygens (including phenoxy) is 1. The zero-order valence-corrected chi connectivity index (χ0v) is 9.32. The highest BCUT2D eigenvalue weighted by atomic mass is 16.5. The van der Waals surface area contributed by atoms with E-state index in [2.05, 4.69) is 13.2 Å². The molecule has 84 valence electrons. The van der Waals surface area contributed by atoms with Crippen LogP contribution >= 0.6 is 0 Å². The number of carbonyl (C=O) groups is 1. The van der Waals surface area contributed by atoms with Crippen LogP contribution in [-0.4, -0.2) is 23.3 Å². The number of esters is 1. The number of aliphatic hydroxyl groups excluding tert-OH is 1. The third-order valence-corrected chi connectivity index (χ3v) is 2.85. The summed E-state index contributed by atoms with van der Waals surface area (Å²) in [6.45, 7) is 10.9. The van der Waals surface area contributed by atoms with E-state index in [1.165, 1.54) is 6.92 Å². The first-order valence-electron chi connectivity index (χ1n) is 5.11. The molecule has 0 aromatic heterocycles. The molecule has 0 radical (unpaired) electrons. The third-order valence-electron chi connectivity index (χ3n) is 2.85. The molecule has 0 bridgehead atoms. The van der Waals surface area contributed by atoms with Crippen LogP contribution in [0.2, 0.25) is 0 Å². The molecule has 3 nitrogen and oxygen atoms in total. The first-order chi connectivity index (χ1) is 6.91. The van der Waals surface area contributed by atoms with Crippen molar-refractivity contribution in [3.8, 4) is 0 Å². The van der Waals surface area contributed by atoms with Gasteiger partial charge in [-0.15, -0.1) is 0 Å². The molecule has 0 aromatic rings. The second kappa shape index (κ2) is 4.62. The summed E-state index contributed by atoms with van der Waals surface area (Å²) < 4.78 is 5.11. The lowest BCUT2D eigenvalue weighted by Crippen LogP contribution is -2.35. The van der Waals surface area contributed by atoms with Gasteiger partial charge in [0.15, 0.2) is 0 Å². The molecule has 3 atom stereocenters. The SMILES string of the molecule is C=C(C)[C@@H]1C[C@@H](O)C(=C)[C@H](OC(C)=O)C1. The maximum atomic E-state index is 10.9. The Morgan fingerprint density at radius 3 is 2.53 bits per heavy atom. The zero-order valence-electron chi connectivity index (χ0n) is 9.32. The highest BCUT2D eigenvalue weighted by Crippen LogP contribution is 2.33. The van der Waals surface area contributed by atoms with Gasteiger partial charge >= 0.3 is 5.97 Å². The van der Waals surface area contributed by atoms with Gasteiger partial charge < -0.3 is 9.84 Å². The Kier molecular flexibility index (Phi) is 3.69. The van der Waals surface area contributed by atoms with Crippen LogP contribution in [0.15, 0.2) is 24.3 Å². The predicted molar refractivity (Wildman–Crippen MR) is 58.2 cm³/mol. The standard InChI is InChI=1S/C12H18O3/c1-7(2)10-5-11(14)8(3)12(6-10)15-9(4)13/h10-12,14H,1,3,5-6H2,2,4H3/t10-,11-,12-/m1/s1. The molecule has 1 rings (SSSR count). The summed E-state index contributed by atoms with van der Waals surface area (Å²) in [5, 5.41) is 9.75. The van der Waals surface area contributed by atoms with Crippen LogP contribution in [0.3, 0.4) is 0 Å².